The lowest BCUT2D eigenvalue weighted by atomic mass is 10.0. The number of ether oxygens (including phenoxy) is 2. The molecule has 5 atom stereocenters. The molecule has 106 valence electrons. The van der Waals surface area contributed by atoms with E-state index < -0.39 is 36.5 Å². The summed E-state index contributed by atoms with van der Waals surface area (Å²) in [6.45, 7) is -0.416. The second kappa shape index (κ2) is 5.98. The summed E-state index contributed by atoms with van der Waals surface area (Å²) in [5.41, 5.74) is 6.16. The predicted octanol–water partition coefficient (Wildman–Crippen LogP) is -0.615. The average molecular weight is 287 g/mol. The molecule has 0 aromatic heterocycles. The Morgan fingerprint density at radius 3 is 2.42 bits per heavy atom. The molecule has 0 radical (unpaired) electrons. The highest BCUT2D eigenvalue weighted by molar-refractivity contribution is 7.81. The maximum absolute atomic E-state index is 9.82. The van der Waals surface area contributed by atoms with E-state index in [9.17, 15) is 10.2 Å². The van der Waals surface area contributed by atoms with Crippen molar-refractivity contribution in [1.82, 2.24) is 0 Å². The van der Waals surface area contributed by atoms with Gasteiger partial charge >= 0.3 is 0 Å². The molecule has 1 aromatic rings. The molecule has 0 bridgehead atoms. The number of nitrogens with two attached hydrogens (primary N) is 1. The molecule has 1 aliphatic heterocycles. The number of aliphatic hydroxyl groups is 3. The molecule has 1 fully saturated rings. The largest absolute Gasteiger partial charge is 0.464 e. The third-order valence-electron chi connectivity index (χ3n) is 2.98. The summed E-state index contributed by atoms with van der Waals surface area (Å²) in [6.07, 6.45) is -4.12. The zero-order valence-electron chi connectivity index (χ0n) is 10.1. The van der Waals surface area contributed by atoms with Crippen LogP contribution in [0.2, 0.25) is 0 Å². The maximum atomic E-state index is 9.82. The number of hydrogen-bond acceptors (Lipinski definition) is 7. The molecule has 1 unspecified atom stereocenters. The van der Waals surface area contributed by atoms with Gasteiger partial charge in [0.2, 0.25) is 6.29 Å². The number of aliphatic hydroxyl groups excluding tert-OH is 3. The van der Waals surface area contributed by atoms with Crippen molar-refractivity contribution in [2.75, 3.05) is 12.3 Å². The van der Waals surface area contributed by atoms with Crippen molar-refractivity contribution in [2.24, 2.45) is 0 Å². The molecule has 1 heterocycles. The Bertz CT molecular complexity index is 413. The summed E-state index contributed by atoms with van der Waals surface area (Å²) >= 11 is 4.17. The topological polar surface area (TPSA) is 105 Å². The fourth-order valence-electron chi connectivity index (χ4n) is 1.85. The van der Waals surface area contributed by atoms with E-state index in [-0.39, 0.29) is 0 Å². The minimum atomic E-state index is -1.20. The number of hydrogen-bond donors (Lipinski definition) is 5. The molecular formula is C12H17NO5S. The number of rotatable bonds is 3. The zero-order chi connectivity index (χ0) is 14.0. The van der Waals surface area contributed by atoms with Crippen LogP contribution in [0.15, 0.2) is 24.3 Å². The van der Waals surface area contributed by atoms with Gasteiger partial charge < -0.3 is 30.5 Å². The van der Waals surface area contributed by atoms with Crippen LogP contribution in [0.1, 0.15) is 0 Å². The van der Waals surface area contributed by atoms with Crippen LogP contribution in [0, 0.1) is 0 Å². The monoisotopic (exact) mass is 287 g/mol. The van der Waals surface area contributed by atoms with Crippen molar-refractivity contribution in [2.45, 2.75) is 29.9 Å². The fraction of sp³-hybridized carbons (Fsp3) is 0.500. The molecule has 6 nitrogen and oxygen atoms in total. The Balaban J connectivity index is 2.08. The number of benzene rings is 1. The van der Waals surface area contributed by atoms with E-state index >= 15 is 0 Å². The average Bonchev–Trinajstić information content (AvgIpc) is 2.42. The third kappa shape index (κ3) is 3.13. The van der Waals surface area contributed by atoms with Crippen molar-refractivity contribution < 1.29 is 24.8 Å². The first-order valence-electron chi connectivity index (χ1n) is 5.85. The second-order valence-electron chi connectivity index (χ2n) is 4.38. The molecule has 0 saturated carbocycles. The molecule has 1 aliphatic rings. The zero-order valence-corrected chi connectivity index (χ0v) is 11.0. The molecule has 0 amide bonds. The SMILES string of the molecule is Nc1ccc(OC2O[C@H](CO)[C@@H](O)[C@H](O)[C@@H]2S)cc1. The lowest BCUT2D eigenvalue weighted by Crippen LogP contribution is -2.58. The standard InChI is InChI=1S/C12H17NO5S/c13-6-1-3-7(4-2-6)17-12-11(19)10(16)9(15)8(5-14)18-12/h1-4,8-12,14-16,19H,5,13H2/t8-,9-,10+,11+,12?/m1/s1. The van der Waals surface area contributed by atoms with Gasteiger partial charge in [0.25, 0.3) is 0 Å². The van der Waals surface area contributed by atoms with Gasteiger partial charge in [-0.15, -0.1) is 0 Å². The van der Waals surface area contributed by atoms with E-state index in [0.717, 1.165) is 0 Å². The van der Waals surface area contributed by atoms with E-state index in [4.69, 9.17) is 20.3 Å². The quantitative estimate of drug-likeness (QED) is 0.375. The van der Waals surface area contributed by atoms with Gasteiger partial charge in [0, 0.05) is 5.69 Å². The highest BCUT2D eigenvalue weighted by atomic mass is 32.1. The third-order valence-corrected chi connectivity index (χ3v) is 3.53. The number of nitrogen functional groups attached to an aromatic ring is 1. The van der Waals surface area contributed by atoms with Crippen molar-refractivity contribution in [3.63, 3.8) is 0 Å². The van der Waals surface area contributed by atoms with Crippen LogP contribution in [0.5, 0.6) is 5.75 Å². The summed E-state index contributed by atoms with van der Waals surface area (Å²) < 4.78 is 10.9. The van der Waals surface area contributed by atoms with Crippen LogP contribution < -0.4 is 10.5 Å². The molecule has 1 saturated heterocycles. The van der Waals surface area contributed by atoms with Crippen LogP contribution in [0.3, 0.4) is 0 Å². The van der Waals surface area contributed by atoms with Gasteiger partial charge in [-0.25, -0.2) is 0 Å². The van der Waals surface area contributed by atoms with Crippen molar-refractivity contribution in [1.29, 1.82) is 0 Å². The Kier molecular flexibility index (Phi) is 4.54. The molecule has 7 heteroatoms. The molecule has 2 rings (SSSR count). The van der Waals surface area contributed by atoms with E-state index in [0.29, 0.717) is 11.4 Å². The normalized spacial score (nSPS) is 35.1. The van der Waals surface area contributed by atoms with Gasteiger partial charge in [-0.2, -0.15) is 12.6 Å². The number of anilines is 1. The second-order valence-corrected chi connectivity index (χ2v) is 4.98. The van der Waals surface area contributed by atoms with Gasteiger partial charge in [-0.05, 0) is 24.3 Å². The number of thiol groups is 1. The van der Waals surface area contributed by atoms with Gasteiger partial charge in [0.15, 0.2) is 0 Å². The van der Waals surface area contributed by atoms with Crippen LogP contribution in [-0.2, 0) is 4.74 Å². The van der Waals surface area contributed by atoms with Crippen molar-refractivity contribution in [3.05, 3.63) is 24.3 Å². The minimum Gasteiger partial charge on any atom is -0.464 e. The minimum absolute atomic E-state index is 0.416. The molecule has 0 spiro atoms. The van der Waals surface area contributed by atoms with Crippen LogP contribution in [0.4, 0.5) is 5.69 Å². The van der Waals surface area contributed by atoms with Gasteiger partial charge in [0.1, 0.15) is 24.1 Å². The first-order valence-corrected chi connectivity index (χ1v) is 6.37. The Labute approximate surface area is 116 Å². The molecule has 5 N–H and O–H groups in total. The van der Waals surface area contributed by atoms with Gasteiger partial charge in [0.05, 0.1) is 11.9 Å². The summed E-state index contributed by atoms with van der Waals surface area (Å²) in [4.78, 5) is 0. The summed E-state index contributed by atoms with van der Waals surface area (Å²) in [5.74, 6) is 0.499. The molecule has 1 aromatic carbocycles. The smallest absolute Gasteiger partial charge is 0.214 e. The van der Waals surface area contributed by atoms with E-state index in [2.05, 4.69) is 12.6 Å². The van der Waals surface area contributed by atoms with Gasteiger partial charge in [-0.3, -0.25) is 0 Å². The summed E-state index contributed by atoms with van der Waals surface area (Å²) in [5, 5.41) is 27.9. The van der Waals surface area contributed by atoms with E-state index in [1.165, 1.54) is 0 Å². The molecule has 0 aliphatic carbocycles. The van der Waals surface area contributed by atoms with Crippen LogP contribution in [-0.4, -0.2) is 51.8 Å². The van der Waals surface area contributed by atoms with Crippen LogP contribution >= 0.6 is 12.6 Å². The first-order chi connectivity index (χ1) is 9.02. The fourth-order valence-corrected chi connectivity index (χ4v) is 2.15. The van der Waals surface area contributed by atoms with Crippen molar-refractivity contribution in [3.8, 4) is 5.75 Å². The van der Waals surface area contributed by atoms with Crippen molar-refractivity contribution >= 4 is 18.3 Å². The summed E-state index contributed by atoms with van der Waals surface area (Å²) in [7, 11) is 0. The molecule has 19 heavy (non-hydrogen) atoms. The van der Waals surface area contributed by atoms with Gasteiger partial charge in [-0.1, -0.05) is 0 Å². The lowest BCUT2D eigenvalue weighted by molar-refractivity contribution is -0.225. The summed E-state index contributed by atoms with van der Waals surface area (Å²) in [6, 6.07) is 6.65. The maximum Gasteiger partial charge on any atom is 0.214 e. The highest BCUT2D eigenvalue weighted by Gasteiger charge is 2.43. The Hall–Kier alpha value is -0.990. The van der Waals surface area contributed by atoms with Crippen LogP contribution in [0.25, 0.3) is 0 Å². The van der Waals surface area contributed by atoms with E-state index in [1.54, 1.807) is 24.3 Å². The highest BCUT2D eigenvalue weighted by Crippen LogP contribution is 2.27. The Morgan fingerprint density at radius 2 is 1.84 bits per heavy atom. The van der Waals surface area contributed by atoms with E-state index in [1.807, 2.05) is 0 Å². The lowest BCUT2D eigenvalue weighted by Gasteiger charge is -2.40. The first kappa shape index (κ1) is 14.4. The Morgan fingerprint density at radius 1 is 1.21 bits per heavy atom. The predicted molar refractivity (Wildman–Crippen MR) is 72.0 cm³/mol. The molecular weight excluding hydrogens is 270 g/mol.